The summed E-state index contributed by atoms with van der Waals surface area (Å²) >= 11 is 0. The molecule has 0 aromatic carbocycles. The molecule has 1 saturated heterocycles. The summed E-state index contributed by atoms with van der Waals surface area (Å²) in [6.45, 7) is 3.51. The van der Waals surface area contributed by atoms with Crippen LogP contribution in [0, 0.1) is 0 Å². The smallest absolute Gasteiger partial charge is 0.249 e. The predicted octanol–water partition coefficient (Wildman–Crippen LogP) is 17.0. The molecule has 0 aromatic rings. The van der Waals surface area contributed by atoms with Gasteiger partial charge in [-0.3, -0.25) is 4.79 Å². The first kappa shape index (κ1) is 77.9. The van der Waals surface area contributed by atoms with Crippen LogP contribution in [0.2, 0.25) is 0 Å². The first-order chi connectivity index (χ1) is 39.7. The highest BCUT2D eigenvalue weighted by molar-refractivity contribution is 5.80. The summed E-state index contributed by atoms with van der Waals surface area (Å²) in [5, 5.41) is 76.5. The number of allylic oxidation sites excluding steroid dienone is 2. The lowest BCUT2D eigenvalue weighted by Crippen LogP contribution is -2.60. The van der Waals surface area contributed by atoms with Crippen molar-refractivity contribution in [3.05, 3.63) is 12.2 Å². The van der Waals surface area contributed by atoms with E-state index >= 15 is 0 Å². The molecule has 0 bridgehead atoms. The number of hydrogen-bond donors (Lipinski definition) is 8. The fourth-order valence-corrected chi connectivity index (χ4v) is 11.9. The van der Waals surface area contributed by atoms with Crippen LogP contribution in [0.5, 0.6) is 0 Å². The number of amides is 1. The van der Waals surface area contributed by atoms with Crippen molar-refractivity contribution in [1.82, 2.24) is 5.32 Å². The van der Waals surface area contributed by atoms with Gasteiger partial charge in [-0.25, -0.2) is 0 Å². The first-order valence-electron chi connectivity index (χ1n) is 35.6. The third-order valence-corrected chi connectivity index (χ3v) is 17.6. The second kappa shape index (κ2) is 59.2. The molecule has 1 heterocycles. The summed E-state index contributed by atoms with van der Waals surface area (Å²) in [4.78, 5) is 13.2. The second-order valence-electron chi connectivity index (χ2n) is 25.3. The van der Waals surface area contributed by atoms with Gasteiger partial charge in [0.05, 0.1) is 25.4 Å². The highest BCUT2D eigenvalue weighted by Crippen LogP contribution is 2.24. The normalized spacial score (nSPS) is 19.1. The van der Waals surface area contributed by atoms with Gasteiger partial charge in [-0.05, 0) is 38.5 Å². The number of unbranched alkanes of at least 4 members (excludes halogenated alkanes) is 49. The Morgan fingerprint density at radius 2 is 0.728 bits per heavy atom. The molecule has 0 saturated carbocycles. The number of carbonyl (C=O) groups is 1. The van der Waals surface area contributed by atoms with E-state index in [-0.39, 0.29) is 12.8 Å². The number of rotatable bonds is 63. The van der Waals surface area contributed by atoms with Crippen molar-refractivity contribution in [2.75, 3.05) is 13.2 Å². The summed E-state index contributed by atoms with van der Waals surface area (Å²) in [5.74, 6) is -0.698. The first-order valence-corrected chi connectivity index (χ1v) is 35.6. The van der Waals surface area contributed by atoms with Crippen molar-refractivity contribution in [2.24, 2.45) is 0 Å². The van der Waals surface area contributed by atoms with Gasteiger partial charge in [0, 0.05) is 0 Å². The minimum Gasteiger partial charge on any atom is -0.394 e. The maximum Gasteiger partial charge on any atom is 0.249 e. The Morgan fingerprint density at radius 3 is 1.06 bits per heavy atom. The van der Waals surface area contributed by atoms with Crippen molar-refractivity contribution < 1.29 is 50.0 Å². The van der Waals surface area contributed by atoms with Crippen LogP contribution in [0.15, 0.2) is 12.2 Å². The van der Waals surface area contributed by atoms with Gasteiger partial charge in [0.25, 0.3) is 0 Å². The number of ether oxygens (including phenoxy) is 2. The zero-order valence-electron chi connectivity index (χ0n) is 53.3. The summed E-state index contributed by atoms with van der Waals surface area (Å²) in [7, 11) is 0. The van der Waals surface area contributed by atoms with E-state index in [1.807, 2.05) is 0 Å². The molecule has 1 rings (SSSR count). The Labute approximate surface area is 500 Å². The van der Waals surface area contributed by atoms with Crippen LogP contribution in [-0.2, 0) is 14.3 Å². The fourth-order valence-electron chi connectivity index (χ4n) is 11.9. The minimum atomic E-state index is -1.67. The van der Waals surface area contributed by atoms with E-state index in [2.05, 4.69) is 31.3 Å². The molecule has 9 unspecified atom stereocenters. The standard InChI is InChI=1S/C70H137NO10/c1-3-5-7-9-11-13-15-17-19-21-23-25-27-29-30-31-32-34-35-37-39-41-43-45-47-49-51-53-55-57-62(73)65(75)61(60-80-70-68(78)67(77)66(76)64(59-72)81-70)71-69(79)63(74)58-56-54-52-50-48-46-44-42-40-38-36-33-28-26-24-22-20-18-16-14-12-10-8-6-4-2/h49,51,61-68,70,72-78H,3-48,50,52-60H2,1-2H3,(H,71,79)/b51-49+. The largest absolute Gasteiger partial charge is 0.394 e. The van der Waals surface area contributed by atoms with E-state index in [1.165, 1.54) is 289 Å². The summed E-state index contributed by atoms with van der Waals surface area (Å²) < 4.78 is 11.2. The summed E-state index contributed by atoms with van der Waals surface area (Å²) in [6, 6.07) is -1.18. The molecule has 0 aliphatic carbocycles. The second-order valence-corrected chi connectivity index (χ2v) is 25.3. The molecule has 8 N–H and O–H groups in total. The molecule has 1 amide bonds. The predicted molar refractivity (Wildman–Crippen MR) is 339 cm³/mol. The van der Waals surface area contributed by atoms with Gasteiger partial charge in [-0.2, -0.15) is 0 Å². The molecule has 0 aromatic heterocycles. The number of nitrogens with one attached hydrogen (secondary N) is 1. The Kier molecular flexibility index (Phi) is 56.9. The van der Waals surface area contributed by atoms with Crippen molar-refractivity contribution in [2.45, 2.75) is 416 Å². The molecule has 1 aliphatic heterocycles. The zero-order valence-corrected chi connectivity index (χ0v) is 53.3. The van der Waals surface area contributed by atoms with Gasteiger partial charge in [-0.1, -0.05) is 334 Å². The molecule has 9 atom stereocenters. The molecule has 0 spiro atoms. The number of carbonyl (C=O) groups excluding carboxylic acids is 1. The molecule has 1 aliphatic rings. The van der Waals surface area contributed by atoms with E-state index in [4.69, 9.17) is 9.47 Å². The minimum absolute atomic E-state index is 0.260. The molecule has 1 fully saturated rings. The van der Waals surface area contributed by atoms with Crippen LogP contribution in [0.3, 0.4) is 0 Å². The zero-order chi connectivity index (χ0) is 58.9. The van der Waals surface area contributed by atoms with Gasteiger partial charge in [0.15, 0.2) is 6.29 Å². The van der Waals surface area contributed by atoms with Crippen molar-refractivity contribution in [3.8, 4) is 0 Å². The number of aliphatic hydroxyl groups excluding tert-OH is 7. The van der Waals surface area contributed by atoms with Crippen molar-refractivity contribution in [3.63, 3.8) is 0 Å². The molecule has 11 heteroatoms. The van der Waals surface area contributed by atoms with Gasteiger partial charge in [0.2, 0.25) is 5.91 Å². The Hall–Kier alpha value is -1.15. The molecular weight excluding hydrogens is 1010 g/mol. The average molecular weight is 1150 g/mol. The molecule has 11 nitrogen and oxygen atoms in total. The van der Waals surface area contributed by atoms with E-state index in [9.17, 15) is 40.5 Å². The molecular formula is C70H137NO10. The third kappa shape index (κ3) is 46.7. The van der Waals surface area contributed by atoms with Crippen LogP contribution in [0.4, 0.5) is 0 Å². The monoisotopic (exact) mass is 1150 g/mol. The Morgan fingerprint density at radius 1 is 0.420 bits per heavy atom. The molecule has 482 valence electrons. The van der Waals surface area contributed by atoms with Gasteiger partial charge >= 0.3 is 0 Å². The van der Waals surface area contributed by atoms with Gasteiger partial charge in [-0.15, -0.1) is 0 Å². The van der Waals surface area contributed by atoms with Gasteiger partial charge < -0.3 is 50.5 Å². The van der Waals surface area contributed by atoms with Crippen LogP contribution in [0.1, 0.15) is 361 Å². The third-order valence-electron chi connectivity index (χ3n) is 17.6. The van der Waals surface area contributed by atoms with Crippen LogP contribution < -0.4 is 5.32 Å². The highest BCUT2D eigenvalue weighted by atomic mass is 16.7. The maximum absolute atomic E-state index is 13.2. The van der Waals surface area contributed by atoms with Crippen molar-refractivity contribution >= 4 is 5.91 Å². The summed E-state index contributed by atoms with van der Waals surface area (Å²) in [6.07, 6.45) is 61.6. The molecule has 81 heavy (non-hydrogen) atoms. The SMILES string of the molecule is CCCCCCCCCCCCCCCCCCCCCCCCCC/C=C/CCCC(O)C(O)C(COC1OC(CO)C(O)C(O)C1O)NC(=O)C(O)CCCCCCCCCCCCCCCCCCCCCCCCCCC. The van der Waals surface area contributed by atoms with E-state index in [1.54, 1.807) is 0 Å². The Bertz CT molecular complexity index is 1320. The van der Waals surface area contributed by atoms with Crippen LogP contribution in [0.25, 0.3) is 0 Å². The topological polar surface area (TPSA) is 189 Å². The van der Waals surface area contributed by atoms with Crippen LogP contribution in [-0.4, -0.2) is 110 Å². The van der Waals surface area contributed by atoms with E-state index in [0.717, 1.165) is 32.1 Å². The van der Waals surface area contributed by atoms with E-state index < -0.39 is 74.2 Å². The maximum atomic E-state index is 13.2. The van der Waals surface area contributed by atoms with Crippen LogP contribution >= 0.6 is 0 Å². The number of hydrogen-bond acceptors (Lipinski definition) is 10. The quantitative estimate of drug-likeness (QED) is 0.0215. The number of aliphatic hydroxyl groups is 7. The van der Waals surface area contributed by atoms with Crippen molar-refractivity contribution in [1.29, 1.82) is 0 Å². The van der Waals surface area contributed by atoms with E-state index in [0.29, 0.717) is 12.8 Å². The van der Waals surface area contributed by atoms with Gasteiger partial charge in [0.1, 0.15) is 36.6 Å². The lowest BCUT2D eigenvalue weighted by Gasteiger charge is -2.40. The molecule has 0 radical (unpaired) electrons. The lowest BCUT2D eigenvalue weighted by atomic mass is 9.98. The highest BCUT2D eigenvalue weighted by Gasteiger charge is 2.44. The lowest BCUT2D eigenvalue weighted by molar-refractivity contribution is -0.303. The Balaban J connectivity index is 2.20. The average Bonchev–Trinajstić information content (AvgIpc) is 3.51. The summed E-state index contributed by atoms with van der Waals surface area (Å²) in [5.41, 5.74) is 0. The fraction of sp³-hybridized carbons (Fsp3) is 0.957.